The lowest BCUT2D eigenvalue weighted by Crippen LogP contribution is -2.43. The number of hydrogen-bond acceptors (Lipinski definition) is 2. The van der Waals surface area contributed by atoms with Crippen molar-refractivity contribution in [2.24, 2.45) is 0 Å². The molecule has 1 aliphatic heterocycles. The van der Waals surface area contributed by atoms with Crippen molar-refractivity contribution in [3.8, 4) is 0 Å². The van der Waals surface area contributed by atoms with E-state index in [-0.39, 0.29) is 0 Å². The zero-order chi connectivity index (χ0) is 13.1. The van der Waals surface area contributed by atoms with Gasteiger partial charge >= 0.3 is 0 Å². The Kier molecular flexibility index (Phi) is 4.19. The standard InChI is InChI=1S/C17H26N2/c1-18-17-15-10-6-5-9-14(15)13-16(17)19-11-7-3-2-4-8-12-19/h5-6,9-10,16-18H,2-4,7-8,11-13H2,1H3. The third-order valence-corrected chi connectivity index (χ3v) is 4.87. The summed E-state index contributed by atoms with van der Waals surface area (Å²) < 4.78 is 0. The van der Waals surface area contributed by atoms with Crippen LogP contribution in [0.5, 0.6) is 0 Å². The lowest BCUT2D eigenvalue weighted by molar-refractivity contribution is 0.155. The number of rotatable bonds is 2. The van der Waals surface area contributed by atoms with Gasteiger partial charge in [-0.05, 0) is 50.5 Å². The zero-order valence-electron chi connectivity index (χ0n) is 12.1. The van der Waals surface area contributed by atoms with Crippen LogP contribution in [0.25, 0.3) is 0 Å². The van der Waals surface area contributed by atoms with Gasteiger partial charge in [0, 0.05) is 12.1 Å². The maximum absolute atomic E-state index is 3.56. The molecule has 2 atom stereocenters. The molecule has 0 radical (unpaired) electrons. The fourth-order valence-electron chi connectivity index (χ4n) is 3.87. The number of fused-ring (bicyclic) bond motifs is 1. The van der Waals surface area contributed by atoms with Crippen molar-refractivity contribution >= 4 is 0 Å². The van der Waals surface area contributed by atoms with Crippen molar-refractivity contribution in [1.29, 1.82) is 0 Å². The summed E-state index contributed by atoms with van der Waals surface area (Å²) >= 11 is 0. The first-order valence-electron chi connectivity index (χ1n) is 7.89. The van der Waals surface area contributed by atoms with Gasteiger partial charge in [-0.3, -0.25) is 4.90 Å². The summed E-state index contributed by atoms with van der Waals surface area (Å²) in [5.74, 6) is 0. The second-order valence-corrected chi connectivity index (χ2v) is 6.04. The van der Waals surface area contributed by atoms with E-state index in [2.05, 4.69) is 41.5 Å². The molecule has 0 bridgehead atoms. The Morgan fingerprint density at radius 3 is 2.42 bits per heavy atom. The number of benzene rings is 1. The molecule has 19 heavy (non-hydrogen) atoms. The van der Waals surface area contributed by atoms with Crippen LogP contribution in [-0.2, 0) is 6.42 Å². The maximum Gasteiger partial charge on any atom is 0.0481 e. The van der Waals surface area contributed by atoms with Crippen molar-refractivity contribution < 1.29 is 0 Å². The molecule has 104 valence electrons. The molecule has 0 aromatic heterocycles. The summed E-state index contributed by atoms with van der Waals surface area (Å²) in [6, 6.07) is 10.2. The highest BCUT2D eigenvalue weighted by molar-refractivity contribution is 5.37. The van der Waals surface area contributed by atoms with Gasteiger partial charge in [0.1, 0.15) is 0 Å². The van der Waals surface area contributed by atoms with E-state index >= 15 is 0 Å². The van der Waals surface area contributed by atoms with E-state index < -0.39 is 0 Å². The molecule has 1 saturated heterocycles. The first-order chi connectivity index (χ1) is 9.40. The summed E-state index contributed by atoms with van der Waals surface area (Å²) in [5.41, 5.74) is 3.07. The van der Waals surface area contributed by atoms with E-state index in [1.165, 1.54) is 57.2 Å². The molecule has 1 aromatic rings. The van der Waals surface area contributed by atoms with Gasteiger partial charge in [0.2, 0.25) is 0 Å². The van der Waals surface area contributed by atoms with E-state index in [0.29, 0.717) is 12.1 Å². The van der Waals surface area contributed by atoms with Crippen LogP contribution in [0.2, 0.25) is 0 Å². The summed E-state index contributed by atoms with van der Waals surface area (Å²) in [7, 11) is 2.11. The van der Waals surface area contributed by atoms with Gasteiger partial charge in [0.25, 0.3) is 0 Å². The normalized spacial score (nSPS) is 28.7. The number of likely N-dealkylation sites (N-methyl/N-ethyl adjacent to an activating group) is 1. The van der Waals surface area contributed by atoms with Gasteiger partial charge in [0.05, 0.1) is 0 Å². The molecule has 1 heterocycles. The Balaban J connectivity index is 1.77. The van der Waals surface area contributed by atoms with Crippen LogP contribution in [-0.4, -0.2) is 31.1 Å². The van der Waals surface area contributed by atoms with Gasteiger partial charge in [-0.1, -0.05) is 43.5 Å². The van der Waals surface area contributed by atoms with Crippen molar-refractivity contribution in [2.45, 2.75) is 50.6 Å². The lowest BCUT2D eigenvalue weighted by atomic mass is 10.0. The SMILES string of the molecule is CNC1c2ccccc2CC1N1CCCCCCC1. The molecule has 2 heteroatoms. The minimum absolute atomic E-state index is 0.524. The van der Waals surface area contributed by atoms with Gasteiger partial charge in [-0.25, -0.2) is 0 Å². The van der Waals surface area contributed by atoms with E-state index in [9.17, 15) is 0 Å². The predicted molar refractivity (Wildman–Crippen MR) is 80.4 cm³/mol. The molecule has 2 unspecified atom stereocenters. The molecular formula is C17H26N2. The maximum atomic E-state index is 3.56. The summed E-state index contributed by atoms with van der Waals surface area (Å²) in [6.45, 7) is 2.58. The van der Waals surface area contributed by atoms with Gasteiger partial charge in [0.15, 0.2) is 0 Å². The zero-order valence-corrected chi connectivity index (χ0v) is 12.1. The quantitative estimate of drug-likeness (QED) is 0.876. The molecule has 1 N–H and O–H groups in total. The lowest BCUT2D eigenvalue weighted by Gasteiger charge is -2.34. The Hall–Kier alpha value is -0.860. The van der Waals surface area contributed by atoms with Gasteiger partial charge < -0.3 is 5.32 Å². The number of nitrogens with zero attached hydrogens (tertiary/aromatic N) is 1. The second kappa shape index (κ2) is 6.06. The molecule has 0 amide bonds. The number of hydrogen-bond donors (Lipinski definition) is 1. The second-order valence-electron chi connectivity index (χ2n) is 6.04. The summed E-state index contributed by atoms with van der Waals surface area (Å²) in [6.07, 6.45) is 8.25. The van der Waals surface area contributed by atoms with Crippen LogP contribution in [0, 0.1) is 0 Å². The van der Waals surface area contributed by atoms with Crippen LogP contribution < -0.4 is 5.32 Å². The molecule has 1 fully saturated rings. The average Bonchev–Trinajstić information content (AvgIpc) is 2.76. The smallest absolute Gasteiger partial charge is 0.0481 e. The van der Waals surface area contributed by atoms with Crippen molar-refractivity contribution in [1.82, 2.24) is 10.2 Å². The molecule has 2 aliphatic rings. The monoisotopic (exact) mass is 258 g/mol. The van der Waals surface area contributed by atoms with Crippen LogP contribution >= 0.6 is 0 Å². The Labute approximate surface area is 117 Å². The highest BCUT2D eigenvalue weighted by Crippen LogP contribution is 2.34. The molecular weight excluding hydrogens is 232 g/mol. The van der Waals surface area contributed by atoms with E-state index in [1.807, 2.05) is 0 Å². The highest BCUT2D eigenvalue weighted by atomic mass is 15.2. The first-order valence-corrected chi connectivity index (χ1v) is 7.89. The van der Waals surface area contributed by atoms with Crippen molar-refractivity contribution in [3.05, 3.63) is 35.4 Å². The number of nitrogens with one attached hydrogen (secondary N) is 1. The molecule has 0 saturated carbocycles. The van der Waals surface area contributed by atoms with E-state index in [0.717, 1.165) is 0 Å². The van der Waals surface area contributed by atoms with Gasteiger partial charge in [-0.2, -0.15) is 0 Å². The van der Waals surface area contributed by atoms with Crippen LogP contribution in [0.3, 0.4) is 0 Å². The molecule has 1 aliphatic carbocycles. The first kappa shape index (κ1) is 13.1. The molecule has 1 aromatic carbocycles. The minimum Gasteiger partial charge on any atom is -0.312 e. The van der Waals surface area contributed by atoms with E-state index in [4.69, 9.17) is 0 Å². The summed E-state index contributed by atoms with van der Waals surface area (Å²) in [4.78, 5) is 2.75. The summed E-state index contributed by atoms with van der Waals surface area (Å²) in [5, 5.41) is 3.56. The molecule has 2 nitrogen and oxygen atoms in total. The Bertz CT molecular complexity index is 407. The predicted octanol–water partition coefficient (Wildman–Crippen LogP) is 3.14. The third-order valence-electron chi connectivity index (χ3n) is 4.87. The van der Waals surface area contributed by atoms with Crippen molar-refractivity contribution in [3.63, 3.8) is 0 Å². The van der Waals surface area contributed by atoms with Crippen LogP contribution in [0.15, 0.2) is 24.3 Å². The average molecular weight is 258 g/mol. The van der Waals surface area contributed by atoms with Crippen molar-refractivity contribution in [2.75, 3.05) is 20.1 Å². The fraction of sp³-hybridized carbons (Fsp3) is 0.647. The molecule has 0 spiro atoms. The Morgan fingerprint density at radius 1 is 1.00 bits per heavy atom. The highest BCUT2D eigenvalue weighted by Gasteiger charge is 2.34. The largest absolute Gasteiger partial charge is 0.312 e. The van der Waals surface area contributed by atoms with Crippen LogP contribution in [0.4, 0.5) is 0 Å². The Morgan fingerprint density at radius 2 is 1.68 bits per heavy atom. The third kappa shape index (κ3) is 2.70. The minimum atomic E-state index is 0.524. The van der Waals surface area contributed by atoms with Gasteiger partial charge in [-0.15, -0.1) is 0 Å². The van der Waals surface area contributed by atoms with E-state index in [1.54, 1.807) is 5.56 Å². The van der Waals surface area contributed by atoms with Crippen LogP contribution in [0.1, 0.15) is 49.3 Å². The molecule has 3 rings (SSSR count). The fourth-order valence-corrected chi connectivity index (χ4v) is 3.87. The number of likely N-dealkylation sites (tertiary alicyclic amines) is 1. The topological polar surface area (TPSA) is 15.3 Å².